The lowest BCUT2D eigenvalue weighted by molar-refractivity contribution is -0.140. The molecule has 0 saturated heterocycles. The number of nitrogens with zero attached hydrogens (tertiary/aromatic N) is 2. The smallest absolute Gasteiger partial charge is 0.264 e. The zero-order chi connectivity index (χ0) is 27.0. The number of likely N-dealkylation sites (N-methyl/N-ethyl adjacent to an activating group) is 1. The summed E-state index contributed by atoms with van der Waals surface area (Å²) >= 11 is 6.35. The molecule has 0 aliphatic carbocycles. The lowest BCUT2D eigenvalue weighted by Gasteiger charge is -2.33. The van der Waals surface area contributed by atoms with Crippen molar-refractivity contribution in [3.8, 4) is 0 Å². The van der Waals surface area contributed by atoms with E-state index >= 15 is 0 Å². The SMILES string of the molecule is CCNC(=O)[C@H](CC)N(Cc1ccccc1Cl)C(=O)CN(c1ccc(F)cc1)S(=O)(=O)c1ccccc1. The van der Waals surface area contributed by atoms with Gasteiger partial charge >= 0.3 is 0 Å². The van der Waals surface area contributed by atoms with Gasteiger partial charge in [-0.15, -0.1) is 0 Å². The van der Waals surface area contributed by atoms with Crippen LogP contribution < -0.4 is 9.62 Å². The van der Waals surface area contributed by atoms with Crippen molar-refractivity contribution in [3.05, 3.63) is 95.3 Å². The van der Waals surface area contributed by atoms with Crippen molar-refractivity contribution >= 4 is 39.1 Å². The highest BCUT2D eigenvalue weighted by molar-refractivity contribution is 7.92. The van der Waals surface area contributed by atoms with Gasteiger partial charge in [-0.25, -0.2) is 12.8 Å². The topological polar surface area (TPSA) is 86.8 Å². The van der Waals surface area contributed by atoms with Crippen molar-refractivity contribution in [1.82, 2.24) is 10.2 Å². The Balaban J connectivity index is 2.05. The Labute approximate surface area is 221 Å². The number of benzene rings is 3. The lowest BCUT2D eigenvalue weighted by Crippen LogP contribution is -2.52. The standard InChI is InChI=1S/C27H29ClFN3O4S/c1-3-25(27(34)30-4-2)31(18-20-10-8-9-13-24(20)28)26(33)19-32(22-16-14-21(29)15-17-22)37(35,36)23-11-6-5-7-12-23/h5-17,25H,3-4,18-19H2,1-2H3,(H,30,34)/t25-/m0/s1. The molecule has 0 radical (unpaired) electrons. The van der Waals surface area contributed by atoms with Crippen molar-refractivity contribution in [2.24, 2.45) is 0 Å². The first kappa shape index (κ1) is 28.1. The van der Waals surface area contributed by atoms with Crippen LogP contribution in [-0.4, -0.2) is 44.3 Å². The molecule has 1 atom stereocenters. The maximum absolute atomic E-state index is 13.8. The van der Waals surface area contributed by atoms with Crippen LogP contribution in [0.1, 0.15) is 25.8 Å². The fourth-order valence-electron chi connectivity index (χ4n) is 3.88. The van der Waals surface area contributed by atoms with Gasteiger partial charge in [0.25, 0.3) is 10.0 Å². The average molecular weight is 546 g/mol. The Morgan fingerprint density at radius 3 is 2.16 bits per heavy atom. The number of halogens is 2. The molecular weight excluding hydrogens is 517 g/mol. The number of anilines is 1. The van der Waals surface area contributed by atoms with Crippen molar-refractivity contribution in [2.75, 3.05) is 17.4 Å². The molecule has 37 heavy (non-hydrogen) atoms. The molecule has 3 aromatic carbocycles. The predicted octanol–water partition coefficient (Wildman–Crippen LogP) is 4.62. The van der Waals surface area contributed by atoms with Crippen LogP contribution in [0, 0.1) is 5.82 Å². The molecule has 196 valence electrons. The van der Waals surface area contributed by atoms with Crippen LogP contribution in [0.25, 0.3) is 0 Å². The first-order valence-corrected chi connectivity index (χ1v) is 13.6. The van der Waals surface area contributed by atoms with Crippen molar-refractivity contribution < 1.29 is 22.4 Å². The van der Waals surface area contributed by atoms with Gasteiger partial charge in [0.15, 0.2) is 0 Å². The number of rotatable bonds is 11. The molecule has 0 aliphatic heterocycles. The van der Waals surface area contributed by atoms with Gasteiger partial charge in [0, 0.05) is 18.1 Å². The third-order valence-electron chi connectivity index (χ3n) is 5.76. The van der Waals surface area contributed by atoms with E-state index < -0.39 is 34.3 Å². The zero-order valence-electron chi connectivity index (χ0n) is 20.6. The largest absolute Gasteiger partial charge is 0.355 e. The normalized spacial score (nSPS) is 12.0. The third kappa shape index (κ3) is 6.87. The summed E-state index contributed by atoms with van der Waals surface area (Å²) in [7, 11) is -4.20. The molecule has 3 aromatic rings. The van der Waals surface area contributed by atoms with E-state index in [1.807, 2.05) is 0 Å². The number of sulfonamides is 1. The van der Waals surface area contributed by atoms with E-state index in [1.54, 1.807) is 56.3 Å². The Kier molecular flexibility index (Phi) is 9.66. The van der Waals surface area contributed by atoms with Crippen LogP contribution in [0.5, 0.6) is 0 Å². The van der Waals surface area contributed by atoms with Crippen molar-refractivity contribution in [2.45, 2.75) is 37.8 Å². The van der Waals surface area contributed by atoms with Gasteiger partial charge in [-0.3, -0.25) is 13.9 Å². The number of carbonyl (C=O) groups excluding carboxylic acids is 2. The summed E-state index contributed by atoms with van der Waals surface area (Å²) < 4.78 is 41.8. The minimum absolute atomic E-state index is 0.00318. The molecule has 0 unspecified atom stereocenters. The monoisotopic (exact) mass is 545 g/mol. The summed E-state index contributed by atoms with van der Waals surface area (Å²) in [5.41, 5.74) is 0.724. The highest BCUT2D eigenvalue weighted by Gasteiger charge is 2.33. The summed E-state index contributed by atoms with van der Waals surface area (Å²) in [6.07, 6.45) is 0.296. The fraction of sp³-hybridized carbons (Fsp3) is 0.259. The number of amides is 2. The number of carbonyl (C=O) groups is 2. The molecular formula is C27H29ClFN3O4S. The summed E-state index contributed by atoms with van der Waals surface area (Å²) in [6.45, 7) is 3.30. The molecule has 0 bridgehead atoms. The first-order valence-electron chi connectivity index (χ1n) is 11.8. The number of hydrogen-bond donors (Lipinski definition) is 1. The molecule has 0 spiro atoms. The summed E-state index contributed by atoms with van der Waals surface area (Å²) in [6, 6.07) is 18.6. The van der Waals surface area contributed by atoms with E-state index in [4.69, 9.17) is 11.6 Å². The van der Waals surface area contributed by atoms with E-state index in [-0.39, 0.29) is 23.0 Å². The zero-order valence-corrected chi connectivity index (χ0v) is 22.2. The quantitative estimate of drug-likeness (QED) is 0.381. The van der Waals surface area contributed by atoms with Crippen LogP contribution in [0.3, 0.4) is 0 Å². The second-order valence-corrected chi connectivity index (χ2v) is 10.5. The van der Waals surface area contributed by atoms with Crippen LogP contribution in [-0.2, 0) is 26.2 Å². The summed E-state index contributed by atoms with van der Waals surface area (Å²) in [4.78, 5) is 28.0. The van der Waals surface area contributed by atoms with E-state index in [1.165, 1.54) is 29.2 Å². The van der Waals surface area contributed by atoms with Gasteiger partial charge in [-0.05, 0) is 61.4 Å². The molecule has 10 heteroatoms. The Hall–Kier alpha value is -3.43. The van der Waals surface area contributed by atoms with Gasteiger partial charge < -0.3 is 10.2 Å². The van der Waals surface area contributed by atoms with Gasteiger partial charge in [0.2, 0.25) is 11.8 Å². The Morgan fingerprint density at radius 1 is 0.946 bits per heavy atom. The molecule has 0 aromatic heterocycles. The van der Waals surface area contributed by atoms with E-state index in [0.717, 1.165) is 16.4 Å². The molecule has 2 amide bonds. The number of hydrogen-bond acceptors (Lipinski definition) is 4. The maximum Gasteiger partial charge on any atom is 0.264 e. The van der Waals surface area contributed by atoms with Crippen LogP contribution >= 0.6 is 11.6 Å². The van der Waals surface area contributed by atoms with Crippen LogP contribution in [0.4, 0.5) is 10.1 Å². The third-order valence-corrected chi connectivity index (χ3v) is 7.92. The highest BCUT2D eigenvalue weighted by atomic mass is 35.5. The second-order valence-electron chi connectivity index (χ2n) is 8.23. The summed E-state index contributed by atoms with van der Waals surface area (Å²) in [5.74, 6) is -1.51. The summed E-state index contributed by atoms with van der Waals surface area (Å²) in [5, 5.41) is 3.16. The van der Waals surface area contributed by atoms with Gasteiger partial charge in [0.05, 0.1) is 10.6 Å². The van der Waals surface area contributed by atoms with E-state index in [2.05, 4.69) is 5.32 Å². The van der Waals surface area contributed by atoms with E-state index in [0.29, 0.717) is 23.6 Å². The predicted molar refractivity (Wildman–Crippen MR) is 142 cm³/mol. The minimum Gasteiger partial charge on any atom is -0.355 e. The second kappa shape index (κ2) is 12.7. The number of nitrogens with one attached hydrogen (secondary N) is 1. The molecule has 7 nitrogen and oxygen atoms in total. The minimum atomic E-state index is -4.20. The molecule has 3 rings (SSSR count). The fourth-order valence-corrected chi connectivity index (χ4v) is 5.51. The Bertz CT molecular complexity index is 1320. The molecule has 0 saturated carbocycles. The van der Waals surface area contributed by atoms with Gasteiger partial charge in [-0.1, -0.05) is 54.9 Å². The van der Waals surface area contributed by atoms with Crippen LogP contribution in [0.15, 0.2) is 83.8 Å². The Morgan fingerprint density at radius 2 is 1.57 bits per heavy atom. The maximum atomic E-state index is 13.8. The van der Waals surface area contributed by atoms with Crippen molar-refractivity contribution in [1.29, 1.82) is 0 Å². The molecule has 0 fully saturated rings. The molecule has 1 N–H and O–H groups in total. The van der Waals surface area contributed by atoms with Gasteiger partial charge in [-0.2, -0.15) is 0 Å². The molecule has 0 heterocycles. The average Bonchev–Trinajstić information content (AvgIpc) is 2.89. The van der Waals surface area contributed by atoms with Crippen LogP contribution in [0.2, 0.25) is 5.02 Å². The lowest BCUT2D eigenvalue weighted by atomic mass is 10.1. The van der Waals surface area contributed by atoms with Crippen molar-refractivity contribution in [3.63, 3.8) is 0 Å². The highest BCUT2D eigenvalue weighted by Crippen LogP contribution is 2.26. The van der Waals surface area contributed by atoms with Gasteiger partial charge in [0.1, 0.15) is 18.4 Å². The van der Waals surface area contributed by atoms with E-state index in [9.17, 15) is 22.4 Å². The first-order chi connectivity index (χ1) is 17.7. The molecule has 0 aliphatic rings.